The van der Waals surface area contributed by atoms with Crippen LogP contribution in [0.5, 0.6) is 0 Å². The number of fused-ring (bicyclic) bond motifs is 1. The van der Waals surface area contributed by atoms with Crippen molar-refractivity contribution in [1.29, 1.82) is 0 Å². The Bertz CT molecular complexity index is 1580. The number of ether oxygens (including phenoxy) is 1. The molecular weight excluding hydrogens is 539 g/mol. The van der Waals surface area contributed by atoms with Gasteiger partial charge in [-0.3, -0.25) is 14.2 Å². The zero-order chi connectivity index (χ0) is 26.5. The van der Waals surface area contributed by atoms with Crippen molar-refractivity contribution in [3.8, 4) is 10.7 Å². The lowest BCUT2D eigenvalue weighted by atomic mass is 10.2. The first-order chi connectivity index (χ1) is 18.5. The summed E-state index contributed by atoms with van der Waals surface area (Å²) in [5.41, 5.74) is 3.22. The maximum atomic E-state index is 13.6. The van der Waals surface area contributed by atoms with Crippen LogP contribution in [0.4, 0.5) is 5.69 Å². The molecule has 198 valence electrons. The maximum Gasteiger partial charge on any atom is 0.273 e. The van der Waals surface area contributed by atoms with Crippen molar-refractivity contribution in [2.75, 3.05) is 31.1 Å². The van der Waals surface area contributed by atoms with Crippen LogP contribution in [0.1, 0.15) is 17.5 Å². The Morgan fingerprint density at radius 2 is 1.95 bits per heavy atom. The van der Waals surface area contributed by atoms with Gasteiger partial charge in [0, 0.05) is 42.4 Å². The Kier molecular flexibility index (Phi) is 8.20. The van der Waals surface area contributed by atoms with Gasteiger partial charge in [-0.1, -0.05) is 24.3 Å². The first-order valence-corrected chi connectivity index (χ1v) is 15.4. The Morgan fingerprint density at radius 1 is 1.05 bits per heavy atom. The van der Waals surface area contributed by atoms with Gasteiger partial charge in [0.25, 0.3) is 10.0 Å². The molecule has 1 N–H and O–H groups in total. The molecule has 0 aliphatic heterocycles. The number of anilines is 1. The molecule has 0 aliphatic rings. The number of aromatic amines is 1. The fraction of sp³-hybridized carbons (Fsp3) is 0.259. The summed E-state index contributed by atoms with van der Waals surface area (Å²) >= 11 is 2.83. The summed E-state index contributed by atoms with van der Waals surface area (Å²) in [5.74, 6) is 0. The lowest BCUT2D eigenvalue weighted by molar-refractivity contribution is 0.156. The normalized spacial score (nSPS) is 12.0. The average molecular weight is 568 g/mol. The van der Waals surface area contributed by atoms with Crippen LogP contribution in [-0.2, 0) is 27.8 Å². The topological polar surface area (TPSA) is 91.4 Å². The van der Waals surface area contributed by atoms with E-state index in [0.717, 1.165) is 45.3 Å². The van der Waals surface area contributed by atoms with Gasteiger partial charge in [0.2, 0.25) is 0 Å². The van der Waals surface area contributed by atoms with E-state index >= 15 is 0 Å². The highest BCUT2D eigenvalue weighted by atomic mass is 32.2. The van der Waals surface area contributed by atoms with E-state index in [4.69, 9.17) is 4.74 Å². The molecule has 0 unspecified atom stereocenters. The lowest BCUT2D eigenvalue weighted by Gasteiger charge is -2.24. The first-order valence-electron chi connectivity index (χ1n) is 12.2. The molecule has 4 heterocycles. The molecule has 5 aromatic rings. The van der Waals surface area contributed by atoms with Crippen LogP contribution in [0, 0.1) is 0 Å². The van der Waals surface area contributed by atoms with Gasteiger partial charge >= 0.3 is 0 Å². The van der Waals surface area contributed by atoms with E-state index in [1.54, 1.807) is 28.8 Å². The molecule has 0 radical (unpaired) electrons. The molecule has 0 saturated heterocycles. The minimum atomic E-state index is -3.75. The van der Waals surface area contributed by atoms with Gasteiger partial charge in [0.1, 0.15) is 9.22 Å². The predicted molar refractivity (Wildman–Crippen MR) is 154 cm³/mol. The number of thiazole rings is 1. The number of thiophene rings is 1. The maximum absolute atomic E-state index is 13.6. The lowest BCUT2D eigenvalue weighted by Crippen LogP contribution is -2.34. The molecule has 4 aromatic heterocycles. The Labute approximate surface area is 230 Å². The molecule has 0 atom stereocenters. The first kappa shape index (κ1) is 26.5. The van der Waals surface area contributed by atoms with Gasteiger partial charge in [0.15, 0.2) is 0 Å². The summed E-state index contributed by atoms with van der Waals surface area (Å²) in [6, 6.07) is 17.0. The number of benzene rings is 1. The SMILES string of the molecule is CCOCCN(c1cccc2cc(-c3ncc(CN(C)Cc4ccccn4)s3)[nH]c12)S(=O)(=O)c1cccs1. The van der Waals surface area contributed by atoms with Crippen LogP contribution in [-0.4, -0.2) is 55.1 Å². The van der Waals surface area contributed by atoms with Gasteiger partial charge in [0.05, 0.1) is 35.7 Å². The molecule has 5 rings (SSSR count). The molecule has 38 heavy (non-hydrogen) atoms. The van der Waals surface area contributed by atoms with Crippen molar-refractivity contribution < 1.29 is 13.2 Å². The molecular formula is C27H29N5O3S3. The monoisotopic (exact) mass is 567 g/mol. The van der Waals surface area contributed by atoms with Crippen molar-refractivity contribution in [3.63, 3.8) is 0 Å². The third-order valence-corrected chi connectivity index (χ3v) is 10.2. The van der Waals surface area contributed by atoms with Crippen LogP contribution in [0.25, 0.3) is 21.6 Å². The highest BCUT2D eigenvalue weighted by Crippen LogP contribution is 2.35. The summed E-state index contributed by atoms with van der Waals surface area (Å²) in [6.45, 7) is 4.43. The minimum absolute atomic E-state index is 0.214. The number of aromatic nitrogens is 3. The van der Waals surface area contributed by atoms with Gasteiger partial charge in [-0.25, -0.2) is 13.4 Å². The van der Waals surface area contributed by atoms with Crippen molar-refractivity contribution in [1.82, 2.24) is 19.9 Å². The average Bonchev–Trinajstić information content (AvgIpc) is 3.68. The molecule has 11 heteroatoms. The van der Waals surface area contributed by atoms with Gasteiger partial charge < -0.3 is 9.72 Å². The number of sulfonamides is 1. The van der Waals surface area contributed by atoms with E-state index in [1.807, 2.05) is 61.8 Å². The van der Waals surface area contributed by atoms with Crippen LogP contribution in [0.3, 0.4) is 0 Å². The minimum Gasteiger partial charge on any atom is -0.380 e. The second-order valence-electron chi connectivity index (χ2n) is 8.76. The van der Waals surface area contributed by atoms with Crippen molar-refractivity contribution in [2.24, 2.45) is 0 Å². The molecule has 1 aromatic carbocycles. The van der Waals surface area contributed by atoms with Crippen LogP contribution < -0.4 is 4.31 Å². The van der Waals surface area contributed by atoms with E-state index in [2.05, 4.69) is 26.9 Å². The number of hydrogen-bond donors (Lipinski definition) is 1. The number of nitrogens with one attached hydrogen (secondary N) is 1. The van der Waals surface area contributed by atoms with E-state index in [1.165, 1.54) is 15.6 Å². The van der Waals surface area contributed by atoms with Crippen LogP contribution >= 0.6 is 22.7 Å². The molecule has 8 nitrogen and oxygen atoms in total. The smallest absolute Gasteiger partial charge is 0.273 e. The third kappa shape index (κ3) is 5.82. The Morgan fingerprint density at radius 3 is 2.71 bits per heavy atom. The number of hydrogen-bond acceptors (Lipinski definition) is 8. The van der Waals surface area contributed by atoms with Crippen molar-refractivity contribution in [2.45, 2.75) is 24.2 Å². The van der Waals surface area contributed by atoms with Gasteiger partial charge in [-0.2, -0.15) is 0 Å². The Balaban J connectivity index is 1.42. The van der Waals surface area contributed by atoms with Crippen molar-refractivity contribution in [3.05, 3.63) is 82.9 Å². The quantitative estimate of drug-likeness (QED) is 0.197. The molecule has 0 amide bonds. The molecule has 0 bridgehead atoms. The summed E-state index contributed by atoms with van der Waals surface area (Å²) in [5, 5.41) is 3.55. The predicted octanol–water partition coefficient (Wildman–Crippen LogP) is 5.61. The number of nitrogens with zero attached hydrogens (tertiary/aromatic N) is 4. The van der Waals surface area contributed by atoms with E-state index < -0.39 is 10.0 Å². The van der Waals surface area contributed by atoms with Crippen LogP contribution in [0.2, 0.25) is 0 Å². The highest BCUT2D eigenvalue weighted by molar-refractivity contribution is 7.94. The highest BCUT2D eigenvalue weighted by Gasteiger charge is 2.28. The summed E-state index contributed by atoms with van der Waals surface area (Å²) in [4.78, 5) is 15.9. The standard InChI is InChI=1S/C27H29N5O3S3/c1-3-35-14-13-32(38(33,34)25-11-7-15-36-25)24-10-6-8-20-16-23(30-26(20)24)27-29-17-22(37-27)19-31(2)18-21-9-4-5-12-28-21/h4-12,15-17,30H,3,13-14,18-19H2,1-2H3. The molecule has 0 aliphatic carbocycles. The van der Waals surface area contributed by atoms with Crippen molar-refractivity contribution >= 4 is 49.3 Å². The van der Waals surface area contributed by atoms with E-state index in [-0.39, 0.29) is 6.54 Å². The van der Waals surface area contributed by atoms with Gasteiger partial charge in [-0.15, -0.1) is 22.7 Å². The largest absolute Gasteiger partial charge is 0.380 e. The number of pyridine rings is 1. The summed E-state index contributed by atoms with van der Waals surface area (Å²) in [7, 11) is -1.68. The van der Waals surface area contributed by atoms with Gasteiger partial charge in [-0.05, 0) is 49.7 Å². The number of H-pyrrole nitrogens is 1. The fourth-order valence-electron chi connectivity index (χ4n) is 4.24. The third-order valence-electron chi connectivity index (χ3n) is 5.95. The zero-order valence-electron chi connectivity index (χ0n) is 21.2. The molecule has 0 spiro atoms. The molecule has 0 saturated carbocycles. The Hall–Kier alpha value is -3.09. The number of rotatable bonds is 12. The zero-order valence-corrected chi connectivity index (χ0v) is 23.7. The van der Waals surface area contributed by atoms with E-state index in [9.17, 15) is 8.42 Å². The molecule has 0 fully saturated rings. The second-order valence-corrected chi connectivity index (χ2v) is 12.9. The summed E-state index contributed by atoms with van der Waals surface area (Å²) in [6.07, 6.45) is 3.71. The van der Waals surface area contributed by atoms with E-state index in [0.29, 0.717) is 23.1 Å². The fourth-order valence-corrected chi connectivity index (χ4v) is 7.77. The number of para-hydroxylation sites is 1. The van der Waals surface area contributed by atoms with Crippen LogP contribution in [0.15, 0.2) is 76.6 Å². The second kappa shape index (κ2) is 11.7. The summed E-state index contributed by atoms with van der Waals surface area (Å²) < 4.78 is 34.5.